The molecule has 0 radical (unpaired) electrons. The Balaban J connectivity index is 4.05. The molecule has 0 atom stereocenters. The highest BCUT2D eigenvalue weighted by molar-refractivity contribution is 5.71. The van der Waals surface area contributed by atoms with Crippen molar-refractivity contribution in [1.82, 2.24) is 4.90 Å². The van der Waals surface area contributed by atoms with Gasteiger partial charge < -0.3 is 9.53 Å². The van der Waals surface area contributed by atoms with Gasteiger partial charge in [0.15, 0.2) is 0 Å². The number of amides is 1. The van der Waals surface area contributed by atoms with Gasteiger partial charge >= 0.3 is 6.09 Å². The lowest BCUT2D eigenvalue weighted by Gasteiger charge is -2.16. The van der Waals surface area contributed by atoms with Crippen LogP contribution in [-0.4, -0.2) is 37.0 Å². The molecule has 0 fully saturated rings. The van der Waals surface area contributed by atoms with Crippen molar-refractivity contribution >= 4 is 12.4 Å². The molecule has 1 amide bonds. The van der Waals surface area contributed by atoms with E-state index in [0.29, 0.717) is 19.4 Å². The Bertz CT molecular complexity index is 189. The van der Waals surface area contributed by atoms with Crippen LogP contribution >= 0.6 is 0 Å². The number of rotatable bonds is 5. The molecule has 0 aliphatic carbocycles. The van der Waals surface area contributed by atoms with E-state index in [2.05, 4.69) is 0 Å². The number of ether oxygens (including phenoxy) is 1. The van der Waals surface area contributed by atoms with Crippen LogP contribution < -0.4 is 0 Å². The third-order valence-electron chi connectivity index (χ3n) is 1.38. The van der Waals surface area contributed by atoms with Gasteiger partial charge in [-0.3, -0.25) is 4.90 Å². The predicted molar refractivity (Wildman–Crippen MR) is 49.5 cm³/mol. The summed E-state index contributed by atoms with van der Waals surface area (Å²) >= 11 is 0. The van der Waals surface area contributed by atoms with Crippen molar-refractivity contribution in [2.75, 3.05) is 19.7 Å². The molecule has 13 heavy (non-hydrogen) atoms. The fourth-order valence-corrected chi connectivity index (χ4v) is 0.761. The van der Waals surface area contributed by atoms with E-state index in [-0.39, 0.29) is 6.54 Å². The normalized spacial score (nSPS) is 10.0. The van der Waals surface area contributed by atoms with Crippen molar-refractivity contribution in [2.45, 2.75) is 13.8 Å². The minimum absolute atomic E-state index is 0.0726. The summed E-state index contributed by atoms with van der Waals surface area (Å²) in [5.74, 6) is 0. The van der Waals surface area contributed by atoms with Crippen LogP contribution in [0.15, 0.2) is 12.2 Å². The van der Waals surface area contributed by atoms with Gasteiger partial charge in [0, 0.05) is 6.54 Å². The largest absolute Gasteiger partial charge is 0.450 e. The maximum absolute atomic E-state index is 11.1. The molecule has 0 aliphatic rings. The highest BCUT2D eigenvalue weighted by atomic mass is 16.6. The maximum atomic E-state index is 11.1. The lowest BCUT2D eigenvalue weighted by atomic mass is 10.4. The maximum Gasteiger partial charge on any atom is 0.410 e. The fourth-order valence-electron chi connectivity index (χ4n) is 0.761. The Morgan fingerprint density at radius 3 is 2.62 bits per heavy atom. The van der Waals surface area contributed by atoms with Crippen LogP contribution in [0.25, 0.3) is 0 Å². The van der Waals surface area contributed by atoms with Gasteiger partial charge in [-0.05, 0) is 13.8 Å². The Morgan fingerprint density at radius 1 is 1.46 bits per heavy atom. The third kappa shape index (κ3) is 5.00. The summed E-state index contributed by atoms with van der Waals surface area (Å²) in [6, 6.07) is 0. The second kappa shape index (κ2) is 7.34. The summed E-state index contributed by atoms with van der Waals surface area (Å²) in [7, 11) is 0. The number of allylic oxidation sites excluding steroid dienone is 1. The predicted octanol–water partition coefficient (Wildman–Crippen LogP) is 1.22. The molecule has 0 rings (SSSR count). The molecule has 0 aromatic carbocycles. The Labute approximate surface area is 78.2 Å². The first-order chi connectivity index (χ1) is 6.26. The first kappa shape index (κ1) is 11.7. The average Bonchev–Trinajstić information content (AvgIpc) is 2.12. The number of carbonyl (C=O) groups is 2. The van der Waals surface area contributed by atoms with Gasteiger partial charge in [0.05, 0.1) is 13.2 Å². The molecule has 0 saturated heterocycles. The van der Waals surface area contributed by atoms with Crippen LogP contribution in [0, 0.1) is 0 Å². The highest BCUT2D eigenvalue weighted by Crippen LogP contribution is 1.93. The van der Waals surface area contributed by atoms with Crippen molar-refractivity contribution < 1.29 is 14.3 Å². The molecule has 0 bridgehead atoms. The monoisotopic (exact) mass is 185 g/mol. The van der Waals surface area contributed by atoms with Crippen LogP contribution in [0.2, 0.25) is 0 Å². The van der Waals surface area contributed by atoms with Gasteiger partial charge in [0.1, 0.15) is 6.29 Å². The lowest BCUT2D eigenvalue weighted by molar-refractivity contribution is -0.108. The molecule has 0 unspecified atom stereocenters. The quantitative estimate of drug-likeness (QED) is 0.478. The molecular formula is C9H15NO3. The average molecular weight is 185 g/mol. The van der Waals surface area contributed by atoms with Crippen molar-refractivity contribution in [3.8, 4) is 0 Å². The molecule has 4 heteroatoms. The zero-order chi connectivity index (χ0) is 10.1. The molecule has 0 aromatic rings. The molecule has 0 spiro atoms. The van der Waals surface area contributed by atoms with Crippen LogP contribution in [0.4, 0.5) is 4.79 Å². The zero-order valence-electron chi connectivity index (χ0n) is 8.03. The van der Waals surface area contributed by atoms with Crippen LogP contribution in [-0.2, 0) is 9.53 Å². The number of nitrogens with zero attached hydrogens (tertiary/aromatic N) is 1. The Kier molecular flexibility index (Phi) is 6.59. The molecular weight excluding hydrogens is 170 g/mol. The van der Waals surface area contributed by atoms with Gasteiger partial charge in [-0.25, -0.2) is 4.79 Å². The summed E-state index contributed by atoms with van der Waals surface area (Å²) in [4.78, 5) is 22.7. The van der Waals surface area contributed by atoms with Gasteiger partial charge in [-0.2, -0.15) is 0 Å². The molecule has 0 saturated carbocycles. The second-order valence-corrected chi connectivity index (χ2v) is 2.34. The summed E-state index contributed by atoms with van der Waals surface area (Å²) in [5.41, 5.74) is 0. The molecule has 0 aromatic heterocycles. The Morgan fingerprint density at radius 2 is 2.15 bits per heavy atom. The minimum atomic E-state index is -0.451. The number of hydrogen-bond acceptors (Lipinski definition) is 3. The van der Waals surface area contributed by atoms with E-state index in [9.17, 15) is 9.59 Å². The number of carbonyl (C=O) groups excluding carboxylic acids is 2. The topological polar surface area (TPSA) is 46.6 Å². The van der Waals surface area contributed by atoms with E-state index >= 15 is 0 Å². The summed E-state index contributed by atoms with van der Waals surface area (Å²) < 4.78 is 4.75. The smallest absolute Gasteiger partial charge is 0.410 e. The van der Waals surface area contributed by atoms with Crippen molar-refractivity contribution in [2.24, 2.45) is 0 Å². The van der Waals surface area contributed by atoms with Crippen molar-refractivity contribution in [3.63, 3.8) is 0 Å². The minimum Gasteiger partial charge on any atom is -0.450 e. The van der Waals surface area contributed by atoms with E-state index in [1.165, 1.54) is 4.90 Å². The van der Waals surface area contributed by atoms with Crippen molar-refractivity contribution in [3.05, 3.63) is 12.2 Å². The van der Waals surface area contributed by atoms with Crippen LogP contribution in [0.5, 0.6) is 0 Å². The molecule has 0 heterocycles. The third-order valence-corrected chi connectivity index (χ3v) is 1.38. The van der Waals surface area contributed by atoms with Crippen molar-refractivity contribution in [1.29, 1.82) is 0 Å². The number of hydrogen-bond donors (Lipinski definition) is 0. The van der Waals surface area contributed by atoms with Crippen LogP contribution in [0.3, 0.4) is 0 Å². The lowest BCUT2D eigenvalue weighted by Crippen LogP contribution is -2.33. The number of aldehydes is 1. The first-order valence-electron chi connectivity index (χ1n) is 4.22. The van der Waals surface area contributed by atoms with E-state index in [1.807, 2.05) is 13.0 Å². The van der Waals surface area contributed by atoms with Gasteiger partial charge in [-0.15, -0.1) is 0 Å². The molecule has 74 valence electrons. The molecule has 4 nitrogen and oxygen atoms in total. The van der Waals surface area contributed by atoms with E-state index in [0.717, 1.165) is 0 Å². The second-order valence-electron chi connectivity index (χ2n) is 2.34. The van der Waals surface area contributed by atoms with Gasteiger partial charge in [0.25, 0.3) is 0 Å². The highest BCUT2D eigenvalue weighted by Gasteiger charge is 2.11. The Hall–Kier alpha value is -1.32. The van der Waals surface area contributed by atoms with Gasteiger partial charge in [-0.1, -0.05) is 12.2 Å². The standard InChI is InChI=1S/C9H15NO3/c1-3-5-6-10(7-8-11)9(12)13-4-2/h3,5,8H,4,6-7H2,1-2H3. The van der Waals surface area contributed by atoms with E-state index in [1.54, 1.807) is 13.0 Å². The first-order valence-corrected chi connectivity index (χ1v) is 4.22. The molecule has 0 N–H and O–H groups in total. The zero-order valence-corrected chi connectivity index (χ0v) is 8.03. The summed E-state index contributed by atoms with van der Waals surface area (Å²) in [6.07, 6.45) is 3.84. The van der Waals surface area contributed by atoms with Crippen LogP contribution in [0.1, 0.15) is 13.8 Å². The summed E-state index contributed by atoms with van der Waals surface area (Å²) in [6.45, 7) is 4.39. The van der Waals surface area contributed by atoms with E-state index in [4.69, 9.17) is 4.74 Å². The summed E-state index contributed by atoms with van der Waals surface area (Å²) in [5, 5.41) is 0. The fraction of sp³-hybridized carbons (Fsp3) is 0.556. The molecule has 0 aliphatic heterocycles. The SMILES string of the molecule is CC=CCN(CC=O)C(=O)OCC. The van der Waals surface area contributed by atoms with E-state index < -0.39 is 6.09 Å². The van der Waals surface area contributed by atoms with Gasteiger partial charge in [0.2, 0.25) is 0 Å².